The van der Waals surface area contributed by atoms with E-state index in [0.717, 1.165) is 5.75 Å². The lowest BCUT2D eigenvalue weighted by Gasteiger charge is -2.09. The number of phenols is 1. The van der Waals surface area contributed by atoms with Crippen LogP contribution in [0.5, 0.6) is 11.5 Å². The Balaban J connectivity index is 1.73. The van der Waals surface area contributed by atoms with Crippen LogP contribution in [0.1, 0.15) is 10.4 Å². The Kier molecular flexibility index (Phi) is 5.43. The van der Waals surface area contributed by atoms with Gasteiger partial charge in [-0.2, -0.15) is 0 Å². The van der Waals surface area contributed by atoms with E-state index in [2.05, 4.69) is 5.48 Å². The zero-order valence-corrected chi connectivity index (χ0v) is 11.8. The summed E-state index contributed by atoms with van der Waals surface area (Å²) >= 11 is 5.72. The molecule has 5 nitrogen and oxygen atoms in total. The van der Waals surface area contributed by atoms with Crippen LogP contribution in [0.2, 0.25) is 5.02 Å². The topological polar surface area (TPSA) is 67.8 Å². The first-order valence-electron chi connectivity index (χ1n) is 6.26. The van der Waals surface area contributed by atoms with E-state index in [-0.39, 0.29) is 29.5 Å². The van der Waals surface area contributed by atoms with Crippen molar-refractivity contribution in [1.82, 2.24) is 5.48 Å². The van der Waals surface area contributed by atoms with Crippen molar-refractivity contribution in [3.05, 3.63) is 59.1 Å². The number of hydrogen-bond donors (Lipinski definition) is 2. The molecule has 2 aromatic carbocycles. The zero-order chi connectivity index (χ0) is 15.1. The van der Waals surface area contributed by atoms with E-state index in [1.54, 1.807) is 6.07 Å². The van der Waals surface area contributed by atoms with Crippen molar-refractivity contribution < 1.29 is 19.5 Å². The SMILES string of the molecule is O=C(NOCCOc1ccccc1)c1cccc(Cl)c1O. The van der Waals surface area contributed by atoms with Gasteiger partial charge in [-0.1, -0.05) is 35.9 Å². The molecule has 0 spiro atoms. The van der Waals surface area contributed by atoms with Gasteiger partial charge in [-0.15, -0.1) is 0 Å². The van der Waals surface area contributed by atoms with Crippen LogP contribution in [0.3, 0.4) is 0 Å². The van der Waals surface area contributed by atoms with Crippen molar-refractivity contribution >= 4 is 17.5 Å². The molecule has 0 aromatic heterocycles. The highest BCUT2D eigenvalue weighted by Gasteiger charge is 2.13. The van der Waals surface area contributed by atoms with Gasteiger partial charge in [0.25, 0.3) is 5.91 Å². The minimum Gasteiger partial charge on any atom is -0.506 e. The van der Waals surface area contributed by atoms with Gasteiger partial charge in [0.15, 0.2) is 0 Å². The van der Waals surface area contributed by atoms with Crippen molar-refractivity contribution in [1.29, 1.82) is 0 Å². The molecule has 2 rings (SSSR count). The first-order valence-corrected chi connectivity index (χ1v) is 6.63. The summed E-state index contributed by atoms with van der Waals surface area (Å²) in [5.74, 6) is -0.129. The molecule has 1 amide bonds. The molecule has 0 aliphatic rings. The van der Waals surface area contributed by atoms with Crippen molar-refractivity contribution in [3.8, 4) is 11.5 Å². The van der Waals surface area contributed by atoms with Gasteiger partial charge < -0.3 is 9.84 Å². The first kappa shape index (κ1) is 15.2. The summed E-state index contributed by atoms with van der Waals surface area (Å²) in [6.45, 7) is 0.452. The quantitative estimate of drug-likeness (QED) is 0.636. The summed E-state index contributed by atoms with van der Waals surface area (Å²) in [5.41, 5.74) is 2.26. The van der Waals surface area contributed by atoms with Gasteiger partial charge in [-0.3, -0.25) is 9.63 Å². The molecule has 110 valence electrons. The molecule has 0 fully saturated rings. The van der Waals surface area contributed by atoms with Crippen LogP contribution in [-0.4, -0.2) is 24.2 Å². The summed E-state index contributed by atoms with van der Waals surface area (Å²) in [5, 5.41) is 9.75. The molecule has 0 heterocycles. The van der Waals surface area contributed by atoms with Crippen LogP contribution in [0, 0.1) is 0 Å². The number of hydroxylamine groups is 1. The number of ether oxygens (including phenoxy) is 1. The molecular weight excluding hydrogens is 294 g/mol. The number of carbonyl (C=O) groups excluding carboxylic acids is 1. The maximum Gasteiger partial charge on any atom is 0.278 e. The Hall–Kier alpha value is -2.24. The highest BCUT2D eigenvalue weighted by molar-refractivity contribution is 6.32. The molecule has 6 heteroatoms. The van der Waals surface area contributed by atoms with Crippen LogP contribution in [0.15, 0.2) is 48.5 Å². The molecule has 21 heavy (non-hydrogen) atoms. The molecule has 0 aliphatic carbocycles. The molecule has 2 N–H and O–H groups in total. The van der Waals surface area contributed by atoms with Crippen LogP contribution in [0.25, 0.3) is 0 Å². The largest absolute Gasteiger partial charge is 0.506 e. The van der Waals surface area contributed by atoms with Gasteiger partial charge >= 0.3 is 0 Å². The molecule has 0 saturated heterocycles. The van der Waals surface area contributed by atoms with Gasteiger partial charge in [0.2, 0.25) is 0 Å². The maximum atomic E-state index is 11.8. The van der Waals surface area contributed by atoms with Gasteiger partial charge in [-0.25, -0.2) is 5.48 Å². The second-order valence-corrected chi connectivity index (χ2v) is 4.48. The first-order chi connectivity index (χ1) is 10.2. The number of benzene rings is 2. The minimum atomic E-state index is -0.574. The number of nitrogens with one attached hydrogen (secondary N) is 1. The third-order valence-corrected chi connectivity index (χ3v) is 2.90. The number of hydrogen-bond acceptors (Lipinski definition) is 4. The van der Waals surface area contributed by atoms with Gasteiger partial charge in [0, 0.05) is 0 Å². The fourth-order valence-corrected chi connectivity index (χ4v) is 1.76. The maximum absolute atomic E-state index is 11.8. The lowest BCUT2D eigenvalue weighted by Crippen LogP contribution is -2.26. The smallest absolute Gasteiger partial charge is 0.278 e. The van der Waals surface area contributed by atoms with E-state index in [9.17, 15) is 9.90 Å². The Bertz CT molecular complexity index is 604. The zero-order valence-electron chi connectivity index (χ0n) is 11.1. The lowest BCUT2D eigenvalue weighted by atomic mass is 10.2. The standard InChI is InChI=1S/C15H14ClNO4/c16-13-8-4-7-12(14(13)18)15(19)17-21-10-9-20-11-5-2-1-3-6-11/h1-8,18H,9-10H2,(H,17,19). The van der Waals surface area contributed by atoms with E-state index in [4.69, 9.17) is 21.2 Å². The number of phenolic OH excluding ortho intramolecular Hbond substituents is 1. The lowest BCUT2D eigenvalue weighted by molar-refractivity contribution is 0.0198. The number of para-hydroxylation sites is 2. The molecule has 0 aliphatic heterocycles. The molecule has 0 atom stereocenters. The molecule has 0 saturated carbocycles. The van der Waals surface area contributed by atoms with E-state index in [1.165, 1.54) is 12.1 Å². The second-order valence-electron chi connectivity index (χ2n) is 4.08. The number of amides is 1. The Morgan fingerprint density at radius 1 is 1.10 bits per heavy atom. The molecule has 0 radical (unpaired) electrons. The van der Waals surface area contributed by atoms with Crippen LogP contribution < -0.4 is 10.2 Å². The molecule has 0 unspecified atom stereocenters. The molecule has 0 bridgehead atoms. The third kappa shape index (κ3) is 4.37. The average molecular weight is 308 g/mol. The fourth-order valence-electron chi connectivity index (χ4n) is 1.59. The van der Waals surface area contributed by atoms with Crippen molar-refractivity contribution in [2.45, 2.75) is 0 Å². The molecular formula is C15H14ClNO4. The van der Waals surface area contributed by atoms with Gasteiger partial charge in [0.1, 0.15) is 24.7 Å². The highest BCUT2D eigenvalue weighted by Crippen LogP contribution is 2.26. The van der Waals surface area contributed by atoms with Crippen molar-refractivity contribution in [2.24, 2.45) is 0 Å². The Morgan fingerprint density at radius 3 is 2.62 bits per heavy atom. The second kappa shape index (κ2) is 7.52. The normalized spacial score (nSPS) is 10.1. The number of aromatic hydroxyl groups is 1. The van der Waals surface area contributed by atoms with Crippen LogP contribution in [-0.2, 0) is 4.84 Å². The van der Waals surface area contributed by atoms with Crippen molar-refractivity contribution in [3.63, 3.8) is 0 Å². The van der Waals surface area contributed by atoms with Crippen molar-refractivity contribution in [2.75, 3.05) is 13.2 Å². The average Bonchev–Trinajstić information content (AvgIpc) is 2.50. The highest BCUT2D eigenvalue weighted by atomic mass is 35.5. The van der Waals surface area contributed by atoms with Gasteiger partial charge in [-0.05, 0) is 24.3 Å². The number of carbonyl (C=O) groups is 1. The van der Waals surface area contributed by atoms with E-state index >= 15 is 0 Å². The fraction of sp³-hybridized carbons (Fsp3) is 0.133. The predicted molar refractivity (Wildman–Crippen MR) is 78.5 cm³/mol. The third-order valence-electron chi connectivity index (χ3n) is 2.59. The van der Waals surface area contributed by atoms with Crippen LogP contribution >= 0.6 is 11.6 Å². The van der Waals surface area contributed by atoms with E-state index < -0.39 is 5.91 Å². The Labute approximate surface area is 127 Å². The van der Waals surface area contributed by atoms with E-state index in [1.807, 2.05) is 30.3 Å². The number of rotatable bonds is 6. The molecule has 2 aromatic rings. The summed E-state index contributed by atoms with van der Waals surface area (Å²) in [4.78, 5) is 16.7. The Morgan fingerprint density at radius 2 is 1.86 bits per heavy atom. The monoisotopic (exact) mass is 307 g/mol. The van der Waals surface area contributed by atoms with E-state index in [0.29, 0.717) is 0 Å². The van der Waals surface area contributed by atoms with Crippen LogP contribution in [0.4, 0.5) is 0 Å². The number of halogens is 1. The predicted octanol–water partition coefficient (Wildman–Crippen LogP) is 2.79. The summed E-state index contributed by atoms with van der Waals surface area (Å²) in [6, 6.07) is 13.8. The van der Waals surface area contributed by atoms with Gasteiger partial charge in [0.05, 0.1) is 10.6 Å². The summed E-state index contributed by atoms with van der Waals surface area (Å²) in [7, 11) is 0. The summed E-state index contributed by atoms with van der Waals surface area (Å²) < 4.78 is 5.39. The summed E-state index contributed by atoms with van der Waals surface area (Å²) in [6.07, 6.45) is 0. The minimum absolute atomic E-state index is 0.0477.